The second kappa shape index (κ2) is 6.40. The molecule has 26 heavy (non-hydrogen) atoms. The molecule has 0 spiro atoms. The van der Waals surface area contributed by atoms with Crippen molar-refractivity contribution in [3.05, 3.63) is 59.1 Å². The number of aromatic nitrogens is 5. The van der Waals surface area contributed by atoms with E-state index in [4.69, 9.17) is 11.6 Å². The van der Waals surface area contributed by atoms with E-state index < -0.39 is 0 Å². The first-order valence-corrected chi connectivity index (χ1v) is 9.57. The molecule has 4 aromatic rings. The minimum absolute atomic E-state index is 0.481. The molecule has 0 unspecified atom stereocenters. The molecule has 0 atom stereocenters. The Hall–Kier alpha value is -2.40. The van der Waals surface area contributed by atoms with Crippen molar-refractivity contribution >= 4 is 28.2 Å². The maximum atomic E-state index is 5.99. The summed E-state index contributed by atoms with van der Waals surface area (Å²) in [6.45, 7) is 0. The summed E-state index contributed by atoms with van der Waals surface area (Å²) in [6, 6.07) is 10.3. The maximum Gasteiger partial charge on any atom is 0.141 e. The maximum absolute atomic E-state index is 5.99. The Morgan fingerprint density at radius 1 is 1.08 bits per heavy atom. The lowest BCUT2D eigenvalue weighted by molar-refractivity contribution is 0.322. The predicted molar refractivity (Wildman–Crippen MR) is 102 cm³/mol. The number of H-pyrrole nitrogens is 1. The summed E-state index contributed by atoms with van der Waals surface area (Å²) in [5.41, 5.74) is 4.52. The zero-order chi connectivity index (χ0) is 17.5. The second-order valence-corrected chi connectivity index (χ2v) is 7.74. The van der Waals surface area contributed by atoms with Crippen LogP contribution in [0.2, 0.25) is 5.02 Å². The van der Waals surface area contributed by atoms with Crippen LogP contribution in [0.5, 0.6) is 0 Å². The lowest BCUT2D eigenvalue weighted by atomic mass is 9.78. The molecule has 0 aliphatic heterocycles. The van der Waals surface area contributed by atoms with Crippen LogP contribution in [0.25, 0.3) is 16.6 Å². The summed E-state index contributed by atoms with van der Waals surface area (Å²) in [5.74, 6) is 1.22. The van der Waals surface area contributed by atoms with Crippen molar-refractivity contribution in [2.24, 2.45) is 5.92 Å². The lowest BCUT2D eigenvalue weighted by Gasteiger charge is -2.27. The van der Waals surface area contributed by atoms with Crippen molar-refractivity contribution in [2.45, 2.75) is 38.0 Å². The molecule has 3 aromatic heterocycles. The van der Waals surface area contributed by atoms with Gasteiger partial charge in [-0.05, 0) is 61.8 Å². The summed E-state index contributed by atoms with van der Waals surface area (Å²) in [6.07, 6.45) is 9.61. The Kier molecular flexibility index (Phi) is 3.89. The number of rotatable bonds is 3. The van der Waals surface area contributed by atoms with E-state index in [9.17, 15) is 0 Å². The van der Waals surface area contributed by atoms with Crippen molar-refractivity contribution < 1.29 is 0 Å². The Bertz CT molecular complexity index is 1040. The third kappa shape index (κ3) is 2.76. The normalized spacial score (nSPS) is 20.8. The van der Waals surface area contributed by atoms with Gasteiger partial charge in [0.15, 0.2) is 0 Å². The fraction of sp³-hybridized carbons (Fsp3) is 0.350. The van der Waals surface area contributed by atoms with E-state index in [-0.39, 0.29) is 0 Å². The predicted octanol–water partition coefficient (Wildman–Crippen LogP) is 4.78. The third-order valence-corrected chi connectivity index (χ3v) is 5.92. The Morgan fingerprint density at radius 3 is 2.69 bits per heavy atom. The van der Waals surface area contributed by atoms with E-state index in [1.54, 1.807) is 6.33 Å². The van der Waals surface area contributed by atoms with Gasteiger partial charge in [-0.15, -0.1) is 5.10 Å². The number of halogens is 1. The Morgan fingerprint density at radius 2 is 1.88 bits per heavy atom. The first-order valence-electron chi connectivity index (χ1n) is 9.19. The van der Waals surface area contributed by atoms with Crippen LogP contribution < -0.4 is 0 Å². The van der Waals surface area contributed by atoms with Gasteiger partial charge in [-0.25, -0.2) is 9.50 Å². The van der Waals surface area contributed by atoms with Gasteiger partial charge in [-0.3, -0.25) is 0 Å². The minimum Gasteiger partial charge on any atom is -0.346 e. The molecule has 5 nitrogen and oxygen atoms in total. The molecule has 6 heteroatoms. The van der Waals surface area contributed by atoms with Crippen molar-refractivity contribution in [1.29, 1.82) is 0 Å². The van der Waals surface area contributed by atoms with Gasteiger partial charge >= 0.3 is 0 Å². The highest BCUT2D eigenvalue weighted by Gasteiger charge is 2.27. The average molecular weight is 366 g/mol. The molecular weight excluding hydrogens is 346 g/mol. The van der Waals surface area contributed by atoms with Gasteiger partial charge in [-0.1, -0.05) is 28.9 Å². The van der Waals surface area contributed by atoms with E-state index in [2.05, 4.69) is 38.5 Å². The standard InChI is InChI=1S/C20H20ClN5/c21-16-7-3-14(4-8-16)11-13-1-5-15(6-2-13)18-19-17-9-10-22-20(17)23-12-26(19)25-24-18/h3-4,7-10,12-13,15,22H,1-2,5-6,11H2. The zero-order valence-electron chi connectivity index (χ0n) is 14.4. The molecule has 1 fully saturated rings. The molecule has 0 amide bonds. The van der Waals surface area contributed by atoms with E-state index in [0.29, 0.717) is 5.92 Å². The summed E-state index contributed by atoms with van der Waals surface area (Å²) < 4.78 is 1.81. The van der Waals surface area contributed by atoms with Crippen LogP contribution in [-0.4, -0.2) is 24.8 Å². The largest absolute Gasteiger partial charge is 0.346 e. The van der Waals surface area contributed by atoms with Gasteiger partial charge in [-0.2, -0.15) is 0 Å². The highest BCUT2D eigenvalue weighted by molar-refractivity contribution is 6.30. The highest BCUT2D eigenvalue weighted by Crippen LogP contribution is 2.38. The van der Waals surface area contributed by atoms with E-state index in [1.165, 1.54) is 31.2 Å². The zero-order valence-corrected chi connectivity index (χ0v) is 15.2. The molecule has 5 rings (SSSR count). The van der Waals surface area contributed by atoms with Gasteiger partial charge in [0.05, 0.1) is 5.69 Å². The molecule has 0 radical (unpaired) electrons. The number of nitrogens with zero attached hydrogens (tertiary/aromatic N) is 4. The number of fused-ring (bicyclic) bond motifs is 3. The molecule has 1 aliphatic rings. The first-order chi connectivity index (χ1) is 12.8. The van der Waals surface area contributed by atoms with Crippen molar-refractivity contribution in [3.8, 4) is 0 Å². The molecule has 1 saturated carbocycles. The molecule has 3 heterocycles. The molecule has 132 valence electrons. The highest BCUT2D eigenvalue weighted by atomic mass is 35.5. The topological polar surface area (TPSA) is 58.9 Å². The minimum atomic E-state index is 0.481. The number of benzene rings is 1. The summed E-state index contributed by atoms with van der Waals surface area (Å²) in [5, 5.41) is 10.7. The van der Waals surface area contributed by atoms with Gasteiger partial charge in [0.2, 0.25) is 0 Å². The molecule has 1 aliphatic carbocycles. The van der Waals surface area contributed by atoms with Gasteiger partial charge in [0.25, 0.3) is 0 Å². The first kappa shape index (κ1) is 15.8. The average Bonchev–Trinajstić information content (AvgIpc) is 3.30. The van der Waals surface area contributed by atoms with Crippen LogP contribution in [0, 0.1) is 5.92 Å². The Balaban J connectivity index is 1.34. The number of nitrogens with one attached hydrogen (secondary N) is 1. The van der Waals surface area contributed by atoms with Crippen molar-refractivity contribution in [1.82, 2.24) is 24.8 Å². The van der Waals surface area contributed by atoms with E-state index in [0.717, 1.165) is 39.6 Å². The van der Waals surface area contributed by atoms with Crippen molar-refractivity contribution in [3.63, 3.8) is 0 Å². The lowest BCUT2D eigenvalue weighted by Crippen LogP contribution is -2.16. The Labute approximate surface area is 156 Å². The van der Waals surface area contributed by atoms with E-state index >= 15 is 0 Å². The van der Waals surface area contributed by atoms with Gasteiger partial charge < -0.3 is 4.98 Å². The summed E-state index contributed by atoms with van der Waals surface area (Å²) >= 11 is 5.99. The molecule has 0 saturated heterocycles. The quantitative estimate of drug-likeness (QED) is 0.568. The van der Waals surface area contributed by atoms with Crippen molar-refractivity contribution in [2.75, 3.05) is 0 Å². The SMILES string of the molecule is Clc1ccc(CC2CCC(c3nnn4cnc5[nH]ccc5c34)CC2)cc1. The third-order valence-electron chi connectivity index (χ3n) is 5.67. The van der Waals surface area contributed by atoms with E-state index in [1.807, 2.05) is 22.8 Å². The molecule has 1 N–H and O–H groups in total. The smallest absolute Gasteiger partial charge is 0.141 e. The summed E-state index contributed by atoms with van der Waals surface area (Å²) in [4.78, 5) is 7.57. The molecule has 0 bridgehead atoms. The monoisotopic (exact) mass is 365 g/mol. The molecule has 1 aromatic carbocycles. The van der Waals surface area contributed by atoms with Crippen LogP contribution in [0.3, 0.4) is 0 Å². The number of hydrogen-bond donors (Lipinski definition) is 1. The van der Waals surface area contributed by atoms with Crippen LogP contribution in [0.15, 0.2) is 42.9 Å². The van der Waals surface area contributed by atoms with Crippen LogP contribution in [0.4, 0.5) is 0 Å². The van der Waals surface area contributed by atoms with Crippen LogP contribution in [0.1, 0.15) is 42.9 Å². The fourth-order valence-corrected chi connectivity index (χ4v) is 4.41. The van der Waals surface area contributed by atoms with Crippen LogP contribution in [-0.2, 0) is 6.42 Å². The summed E-state index contributed by atoms with van der Waals surface area (Å²) in [7, 11) is 0. The fourth-order valence-electron chi connectivity index (χ4n) is 4.29. The van der Waals surface area contributed by atoms with Crippen LogP contribution >= 0.6 is 11.6 Å². The number of aromatic amines is 1. The second-order valence-electron chi connectivity index (χ2n) is 7.30. The van der Waals surface area contributed by atoms with Gasteiger partial charge in [0, 0.05) is 22.5 Å². The molecular formula is C20H20ClN5. The van der Waals surface area contributed by atoms with Gasteiger partial charge in [0.1, 0.15) is 17.5 Å². The number of hydrogen-bond acceptors (Lipinski definition) is 3.